The summed E-state index contributed by atoms with van der Waals surface area (Å²) in [5.41, 5.74) is 3.23. The van der Waals surface area contributed by atoms with Crippen LogP contribution in [0.5, 0.6) is 5.88 Å². The second-order valence-corrected chi connectivity index (χ2v) is 8.56. The molecular weight excluding hydrogens is 529 g/mol. The Labute approximate surface area is 213 Å². The Kier molecular flexibility index (Phi) is 6.80. The van der Waals surface area contributed by atoms with Gasteiger partial charge in [-0.2, -0.15) is 9.97 Å². The lowest BCUT2D eigenvalue weighted by Gasteiger charge is -2.13. The first-order chi connectivity index (χ1) is 17.5. The smallest absolute Gasteiger partial charge is 0.391 e. The van der Waals surface area contributed by atoms with Gasteiger partial charge in [-0.3, -0.25) is 0 Å². The molecule has 0 radical (unpaired) electrons. The van der Waals surface area contributed by atoms with Gasteiger partial charge in [-0.15, -0.1) is 0 Å². The zero-order valence-corrected chi connectivity index (χ0v) is 20.3. The minimum Gasteiger partial charge on any atom is -0.391 e. The van der Waals surface area contributed by atoms with Crippen LogP contribution in [0, 0.1) is 5.82 Å². The fraction of sp³-hybridized carbons (Fsp3) is 0.0800. The Morgan fingerprint density at radius 2 is 1.89 bits per heavy atom. The van der Waals surface area contributed by atoms with Crippen LogP contribution in [-0.2, 0) is 6.42 Å². The number of halogens is 2. The molecule has 180 valence electrons. The fourth-order valence-electron chi connectivity index (χ4n) is 3.46. The van der Waals surface area contributed by atoms with E-state index >= 15 is 0 Å². The molecule has 0 fully saturated rings. The molecule has 11 heteroatoms. The Balaban J connectivity index is 1.44. The number of amides is 1. The van der Waals surface area contributed by atoms with Gasteiger partial charge in [0, 0.05) is 57.7 Å². The van der Waals surface area contributed by atoms with Gasteiger partial charge in [0.25, 0.3) is 0 Å². The molecule has 0 aliphatic rings. The number of rotatable bonds is 7. The summed E-state index contributed by atoms with van der Waals surface area (Å²) >= 11 is 3.55. The van der Waals surface area contributed by atoms with Crippen molar-refractivity contribution < 1.29 is 13.9 Å². The van der Waals surface area contributed by atoms with Crippen molar-refractivity contribution in [1.82, 2.24) is 30.2 Å². The van der Waals surface area contributed by atoms with Gasteiger partial charge >= 0.3 is 6.09 Å². The van der Waals surface area contributed by atoms with E-state index in [-0.39, 0.29) is 17.6 Å². The average Bonchev–Trinajstić information content (AvgIpc) is 3.39. The van der Waals surface area contributed by atoms with Crippen LogP contribution >= 0.6 is 15.9 Å². The van der Waals surface area contributed by atoms with Gasteiger partial charge in [0.2, 0.25) is 11.8 Å². The number of imidazole rings is 1. The maximum Gasteiger partial charge on any atom is 0.413 e. The van der Waals surface area contributed by atoms with Crippen LogP contribution in [0.15, 0.2) is 77.8 Å². The number of carbonyl (C=O) groups is 1. The summed E-state index contributed by atoms with van der Waals surface area (Å²) in [6, 6.07) is 15.2. The summed E-state index contributed by atoms with van der Waals surface area (Å²) in [6.45, 7) is 0.354. The molecule has 5 rings (SSSR count). The van der Waals surface area contributed by atoms with E-state index in [0.29, 0.717) is 35.2 Å². The van der Waals surface area contributed by atoms with Gasteiger partial charge in [0.1, 0.15) is 5.82 Å². The van der Waals surface area contributed by atoms with Crippen LogP contribution in [0.25, 0.3) is 22.2 Å². The zero-order valence-electron chi connectivity index (χ0n) is 18.7. The molecule has 5 aromatic rings. The third kappa shape index (κ3) is 5.47. The van der Waals surface area contributed by atoms with E-state index in [9.17, 15) is 9.18 Å². The Morgan fingerprint density at radius 3 is 2.67 bits per heavy atom. The second-order valence-electron chi connectivity index (χ2n) is 7.70. The lowest BCUT2D eigenvalue weighted by atomic mass is 10.1. The average molecular weight is 548 g/mol. The molecule has 0 bridgehead atoms. The van der Waals surface area contributed by atoms with E-state index in [4.69, 9.17) is 4.74 Å². The van der Waals surface area contributed by atoms with Gasteiger partial charge in [0.05, 0.1) is 6.33 Å². The van der Waals surface area contributed by atoms with Crippen LogP contribution in [-0.4, -0.2) is 37.6 Å². The number of H-pyrrole nitrogens is 1. The number of pyridine rings is 1. The van der Waals surface area contributed by atoms with Crippen LogP contribution < -0.4 is 15.4 Å². The van der Waals surface area contributed by atoms with Crippen molar-refractivity contribution in [1.29, 1.82) is 0 Å². The van der Waals surface area contributed by atoms with Crippen LogP contribution in [0.1, 0.15) is 5.69 Å². The number of fused-ring (bicyclic) bond motifs is 1. The van der Waals surface area contributed by atoms with Gasteiger partial charge < -0.3 is 20.4 Å². The van der Waals surface area contributed by atoms with E-state index < -0.39 is 6.09 Å². The molecule has 0 saturated carbocycles. The van der Waals surface area contributed by atoms with Gasteiger partial charge in [-0.25, -0.2) is 19.2 Å². The lowest BCUT2D eigenvalue weighted by Crippen LogP contribution is -2.29. The molecule has 9 nitrogen and oxygen atoms in total. The van der Waals surface area contributed by atoms with Crippen LogP contribution in [0.2, 0.25) is 0 Å². The number of aromatic amines is 1. The number of carbonyl (C=O) groups excluding carboxylic acids is 1. The largest absolute Gasteiger partial charge is 0.413 e. The first kappa shape index (κ1) is 23.4. The van der Waals surface area contributed by atoms with E-state index in [2.05, 4.69) is 51.5 Å². The zero-order chi connectivity index (χ0) is 24.9. The number of hydrogen-bond acceptors (Lipinski definition) is 7. The maximum atomic E-state index is 13.2. The predicted octanol–water partition coefficient (Wildman–Crippen LogP) is 5.39. The quantitative estimate of drug-likeness (QED) is 0.250. The van der Waals surface area contributed by atoms with Crippen molar-refractivity contribution in [3.8, 4) is 17.0 Å². The highest BCUT2D eigenvalue weighted by Gasteiger charge is 2.17. The number of hydrogen-bond donors (Lipinski definition) is 3. The molecule has 36 heavy (non-hydrogen) atoms. The molecular formula is C25H19BrFN7O2. The molecule has 3 N–H and O–H groups in total. The first-order valence-corrected chi connectivity index (χ1v) is 11.7. The van der Waals surface area contributed by atoms with E-state index in [1.165, 1.54) is 12.1 Å². The highest BCUT2D eigenvalue weighted by molar-refractivity contribution is 9.10. The van der Waals surface area contributed by atoms with Crippen molar-refractivity contribution in [2.75, 3.05) is 11.9 Å². The normalized spacial score (nSPS) is 10.8. The van der Waals surface area contributed by atoms with Crippen molar-refractivity contribution in [2.24, 2.45) is 0 Å². The molecule has 0 unspecified atom stereocenters. The van der Waals surface area contributed by atoms with E-state index in [1.807, 2.05) is 30.3 Å². The van der Waals surface area contributed by atoms with Crippen LogP contribution in [0.3, 0.4) is 0 Å². The minimum absolute atomic E-state index is 0.0971. The summed E-state index contributed by atoms with van der Waals surface area (Å²) in [4.78, 5) is 32.9. The monoisotopic (exact) mass is 547 g/mol. The van der Waals surface area contributed by atoms with Gasteiger partial charge in [0.15, 0.2) is 5.65 Å². The molecule has 0 spiro atoms. The summed E-state index contributed by atoms with van der Waals surface area (Å²) in [5, 5.41) is 6.39. The minimum atomic E-state index is -0.645. The second kappa shape index (κ2) is 10.5. The van der Waals surface area contributed by atoms with E-state index in [0.717, 1.165) is 15.7 Å². The number of ether oxygens (including phenoxy) is 1. The Hall–Kier alpha value is -4.38. The van der Waals surface area contributed by atoms with Gasteiger partial charge in [-0.05, 0) is 36.4 Å². The first-order valence-electron chi connectivity index (χ1n) is 10.9. The van der Waals surface area contributed by atoms with Crippen molar-refractivity contribution in [3.63, 3.8) is 0 Å². The Morgan fingerprint density at radius 1 is 1.06 bits per heavy atom. The van der Waals surface area contributed by atoms with Crippen molar-refractivity contribution in [2.45, 2.75) is 6.42 Å². The maximum absolute atomic E-state index is 13.2. The predicted molar refractivity (Wildman–Crippen MR) is 136 cm³/mol. The third-order valence-electron chi connectivity index (χ3n) is 5.21. The molecule has 0 atom stereocenters. The van der Waals surface area contributed by atoms with Crippen molar-refractivity contribution >= 4 is 44.7 Å². The summed E-state index contributed by atoms with van der Waals surface area (Å²) in [5.74, 6) is 0.0240. The number of nitrogens with zero attached hydrogens (tertiary/aromatic N) is 4. The van der Waals surface area contributed by atoms with Crippen LogP contribution in [0.4, 0.5) is 20.8 Å². The summed E-state index contributed by atoms with van der Waals surface area (Å²) in [7, 11) is 0. The number of anilines is 2. The molecule has 2 aromatic carbocycles. The molecule has 0 saturated heterocycles. The van der Waals surface area contributed by atoms with Gasteiger partial charge in [-0.1, -0.05) is 34.1 Å². The molecule has 3 heterocycles. The number of nitrogens with one attached hydrogen (secondary N) is 3. The number of aromatic nitrogens is 5. The standard InChI is InChI=1S/C25H19BrFN7O2/c26-21-4-2-1-3-19(21)20-11-15-12-30-24(32-17-7-5-16(27)6-8-17)34-22(15)33-23(20)36-25(35)29-10-9-18-13-28-14-31-18/h1-8,11-14H,9-10H2,(H,28,31)(H,29,35)(H,30,32,33,34). The molecule has 1 amide bonds. The SMILES string of the molecule is O=C(NCCc1cnc[nH]1)Oc1nc2nc(Nc3ccc(F)cc3)ncc2cc1-c1ccccc1Br. The number of benzene rings is 2. The molecule has 0 aliphatic heterocycles. The highest BCUT2D eigenvalue weighted by atomic mass is 79.9. The van der Waals surface area contributed by atoms with Crippen molar-refractivity contribution in [3.05, 3.63) is 89.3 Å². The molecule has 3 aromatic heterocycles. The molecule has 0 aliphatic carbocycles. The fourth-order valence-corrected chi connectivity index (χ4v) is 3.96. The highest BCUT2D eigenvalue weighted by Crippen LogP contribution is 2.36. The summed E-state index contributed by atoms with van der Waals surface area (Å²) < 4.78 is 19.6. The lowest BCUT2D eigenvalue weighted by molar-refractivity contribution is 0.199. The third-order valence-corrected chi connectivity index (χ3v) is 5.90. The summed E-state index contributed by atoms with van der Waals surface area (Å²) in [6.07, 6.45) is 4.82. The Bertz CT molecular complexity index is 1510. The topological polar surface area (TPSA) is 118 Å². The van der Waals surface area contributed by atoms with E-state index in [1.54, 1.807) is 30.9 Å².